The molecule has 0 spiro atoms. The van der Waals surface area contributed by atoms with Crippen LogP contribution >= 0.6 is 0 Å². The van der Waals surface area contributed by atoms with Crippen molar-refractivity contribution < 1.29 is 19.4 Å². The molecule has 3 aliphatic heterocycles. The Morgan fingerprint density at radius 1 is 1.16 bits per heavy atom. The molecule has 3 unspecified atom stereocenters. The molecule has 19 heavy (non-hydrogen) atoms. The van der Waals surface area contributed by atoms with Gasteiger partial charge >= 0.3 is 5.97 Å². The Balaban J connectivity index is 1.51. The molecule has 5 nitrogen and oxygen atoms in total. The molecule has 3 saturated heterocycles. The second-order valence-corrected chi connectivity index (χ2v) is 6.08. The molecule has 0 aliphatic carbocycles. The van der Waals surface area contributed by atoms with Crippen LogP contribution in [-0.2, 0) is 14.3 Å². The SMILES string of the molecule is O=C(O)CC1CCN(C(=O)C2CC3CCC2O3)CC1. The fourth-order valence-corrected chi connectivity index (χ4v) is 3.74. The molecule has 0 saturated carbocycles. The molecular formula is C14H21NO4. The molecule has 1 N–H and O–H groups in total. The predicted molar refractivity (Wildman–Crippen MR) is 67.6 cm³/mol. The van der Waals surface area contributed by atoms with E-state index in [-0.39, 0.29) is 30.3 Å². The van der Waals surface area contributed by atoms with Crippen LogP contribution in [0.4, 0.5) is 0 Å². The zero-order valence-corrected chi connectivity index (χ0v) is 11.1. The minimum atomic E-state index is -0.730. The Morgan fingerprint density at radius 3 is 2.42 bits per heavy atom. The summed E-state index contributed by atoms with van der Waals surface area (Å²) in [5, 5.41) is 8.79. The van der Waals surface area contributed by atoms with Gasteiger partial charge in [0.05, 0.1) is 18.1 Å². The van der Waals surface area contributed by atoms with Crippen LogP contribution in [0, 0.1) is 11.8 Å². The Morgan fingerprint density at radius 2 is 1.89 bits per heavy atom. The number of aliphatic carboxylic acids is 1. The van der Waals surface area contributed by atoms with Gasteiger partial charge in [0, 0.05) is 19.5 Å². The zero-order valence-electron chi connectivity index (χ0n) is 11.1. The molecule has 0 aromatic heterocycles. The van der Waals surface area contributed by atoms with Gasteiger partial charge in [-0.15, -0.1) is 0 Å². The lowest BCUT2D eigenvalue weighted by Crippen LogP contribution is -2.44. The molecule has 3 atom stereocenters. The van der Waals surface area contributed by atoms with E-state index in [0.717, 1.165) is 32.1 Å². The third-order valence-corrected chi connectivity index (χ3v) is 4.81. The van der Waals surface area contributed by atoms with Crippen LogP contribution in [0.15, 0.2) is 0 Å². The van der Waals surface area contributed by atoms with Gasteiger partial charge in [0.2, 0.25) is 5.91 Å². The number of fused-ring (bicyclic) bond motifs is 2. The molecule has 1 amide bonds. The van der Waals surface area contributed by atoms with Crippen molar-refractivity contribution in [3.8, 4) is 0 Å². The summed E-state index contributed by atoms with van der Waals surface area (Å²) in [7, 11) is 0. The third-order valence-electron chi connectivity index (χ3n) is 4.81. The van der Waals surface area contributed by atoms with Crippen LogP contribution in [-0.4, -0.2) is 47.2 Å². The molecule has 0 aromatic rings. The highest BCUT2D eigenvalue weighted by atomic mass is 16.5. The van der Waals surface area contributed by atoms with E-state index in [9.17, 15) is 9.59 Å². The van der Waals surface area contributed by atoms with E-state index >= 15 is 0 Å². The van der Waals surface area contributed by atoms with Crippen molar-refractivity contribution in [1.29, 1.82) is 0 Å². The molecule has 0 aromatic carbocycles. The Kier molecular flexibility index (Phi) is 3.48. The number of nitrogens with zero attached hydrogens (tertiary/aromatic N) is 1. The van der Waals surface area contributed by atoms with Gasteiger partial charge in [-0.3, -0.25) is 9.59 Å². The van der Waals surface area contributed by atoms with Gasteiger partial charge in [-0.1, -0.05) is 0 Å². The summed E-state index contributed by atoms with van der Waals surface area (Å²) in [5.74, 6) is -0.195. The number of carbonyl (C=O) groups excluding carboxylic acids is 1. The van der Waals surface area contributed by atoms with Crippen LogP contribution in [0.25, 0.3) is 0 Å². The summed E-state index contributed by atoms with van der Waals surface area (Å²) in [6.07, 6.45) is 5.35. The number of ether oxygens (including phenoxy) is 1. The van der Waals surface area contributed by atoms with Crippen LogP contribution in [0.1, 0.15) is 38.5 Å². The predicted octanol–water partition coefficient (Wildman–Crippen LogP) is 1.27. The van der Waals surface area contributed by atoms with E-state index in [1.807, 2.05) is 4.90 Å². The smallest absolute Gasteiger partial charge is 0.303 e. The number of carbonyl (C=O) groups is 2. The average Bonchev–Trinajstić information content (AvgIpc) is 3.00. The minimum absolute atomic E-state index is 0.0646. The second-order valence-electron chi connectivity index (χ2n) is 6.08. The summed E-state index contributed by atoms with van der Waals surface area (Å²) in [6.45, 7) is 1.43. The second kappa shape index (κ2) is 5.12. The third kappa shape index (κ3) is 2.61. The van der Waals surface area contributed by atoms with Gasteiger partial charge < -0.3 is 14.7 Å². The van der Waals surface area contributed by atoms with Crippen molar-refractivity contribution >= 4 is 11.9 Å². The Bertz CT molecular complexity index is 376. The zero-order chi connectivity index (χ0) is 13.4. The summed E-state index contributed by atoms with van der Waals surface area (Å²) < 4.78 is 5.75. The maximum atomic E-state index is 12.4. The standard InChI is InChI=1S/C14H21NO4/c16-13(17)7-9-3-5-15(6-4-9)14(18)11-8-10-1-2-12(11)19-10/h9-12H,1-8H2,(H,16,17). The number of hydrogen-bond donors (Lipinski definition) is 1. The number of carboxylic acid groups (broad SMARTS) is 1. The molecule has 5 heteroatoms. The van der Waals surface area contributed by atoms with Gasteiger partial charge in [0.1, 0.15) is 0 Å². The van der Waals surface area contributed by atoms with E-state index < -0.39 is 5.97 Å². The lowest BCUT2D eigenvalue weighted by atomic mass is 9.87. The largest absolute Gasteiger partial charge is 0.481 e. The van der Waals surface area contributed by atoms with Crippen LogP contribution in [0.5, 0.6) is 0 Å². The van der Waals surface area contributed by atoms with E-state index in [2.05, 4.69) is 0 Å². The van der Waals surface area contributed by atoms with Crippen molar-refractivity contribution in [2.45, 2.75) is 50.7 Å². The monoisotopic (exact) mass is 267 g/mol. The molecule has 3 aliphatic rings. The molecule has 3 fully saturated rings. The van der Waals surface area contributed by atoms with Crippen molar-refractivity contribution in [2.24, 2.45) is 11.8 Å². The highest BCUT2D eigenvalue weighted by Crippen LogP contribution is 2.40. The first-order valence-electron chi connectivity index (χ1n) is 7.29. The van der Waals surface area contributed by atoms with Crippen molar-refractivity contribution in [3.05, 3.63) is 0 Å². The number of hydrogen-bond acceptors (Lipinski definition) is 3. The van der Waals surface area contributed by atoms with E-state index in [1.165, 1.54) is 0 Å². The van der Waals surface area contributed by atoms with E-state index in [0.29, 0.717) is 19.2 Å². The lowest BCUT2D eigenvalue weighted by Gasteiger charge is -2.34. The number of rotatable bonds is 3. The van der Waals surface area contributed by atoms with Crippen LogP contribution in [0.2, 0.25) is 0 Å². The Hall–Kier alpha value is -1.10. The first kappa shape index (κ1) is 12.9. The maximum Gasteiger partial charge on any atom is 0.303 e. The summed E-state index contributed by atoms with van der Waals surface area (Å²) in [5.41, 5.74) is 0. The normalized spacial score (nSPS) is 34.7. The molecule has 3 rings (SSSR count). The van der Waals surface area contributed by atoms with Gasteiger partial charge in [0.15, 0.2) is 0 Å². The number of piperidine rings is 1. The topological polar surface area (TPSA) is 66.8 Å². The first-order valence-corrected chi connectivity index (χ1v) is 7.29. The maximum absolute atomic E-state index is 12.4. The van der Waals surface area contributed by atoms with Gasteiger partial charge in [-0.05, 0) is 38.0 Å². The van der Waals surface area contributed by atoms with Crippen molar-refractivity contribution in [1.82, 2.24) is 4.90 Å². The summed E-state index contributed by atoms with van der Waals surface area (Å²) >= 11 is 0. The molecule has 106 valence electrons. The number of likely N-dealkylation sites (tertiary alicyclic amines) is 1. The van der Waals surface area contributed by atoms with Crippen molar-refractivity contribution in [3.63, 3.8) is 0 Å². The molecule has 2 bridgehead atoms. The fraction of sp³-hybridized carbons (Fsp3) is 0.857. The number of carboxylic acids is 1. The van der Waals surface area contributed by atoms with Crippen LogP contribution in [0.3, 0.4) is 0 Å². The highest BCUT2D eigenvalue weighted by Gasteiger charge is 2.46. The van der Waals surface area contributed by atoms with E-state index in [4.69, 9.17) is 9.84 Å². The average molecular weight is 267 g/mol. The molecule has 3 heterocycles. The van der Waals surface area contributed by atoms with E-state index in [1.54, 1.807) is 0 Å². The fourth-order valence-electron chi connectivity index (χ4n) is 3.74. The Labute approximate surface area is 112 Å². The van der Waals surface area contributed by atoms with Gasteiger partial charge in [0.25, 0.3) is 0 Å². The summed E-state index contributed by atoms with van der Waals surface area (Å²) in [6, 6.07) is 0. The molecular weight excluding hydrogens is 246 g/mol. The minimum Gasteiger partial charge on any atom is -0.481 e. The lowest BCUT2D eigenvalue weighted by molar-refractivity contribution is -0.140. The molecule has 0 radical (unpaired) electrons. The quantitative estimate of drug-likeness (QED) is 0.836. The number of amides is 1. The highest BCUT2D eigenvalue weighted by molar-refractivity contribution is 5.80. The van der Waals surface area contributed by atoms with Crippen LogP contribution < -0.4 is 0 Å². The summed E-state index contributed by atoms with van der Waals surface area (Å²) in [4.78, 5) is 25.1. The van der Waals surface area contributed by atoms with Gasteiger partial charge in [-0.25, -0.2) is 0 Å². The van der Waals surface area contributed by atoms with Gasteiger partial charge in [-0.2, -0.15) is 0 Å². The first-order chi connectivity index (χ1) is 9.13. The van der Waals surface area contributed by atoms with Crippen molar-refractivity contribution in [2.75, 3.05) is 13.1 Å².